The third-order valence-corrected chi connectivity index (χ3v) is 13.4. The minimum Gasteiger partial charge on any atom is -0.294 e. The first-order valence-corrected chi connectivity index (χ1v) is 22.3. The van der Waals surface area contributed by atoms with Gasteiger partial charge in [0.1, 0.15) is 5.65 Å². The van der Waals surface area contributed by atoms with Crippen LogP contribution >= 0.6 is 0 Å². The molecule has 0 aliphatic rings. The van der Waals surface area contributed by atoms with Gasteiger partial charge in [0.05, 0.1) is 5.52 Å². The second kappa shape index (κ2) is 15.0. The minimum atomic E-state index is 0.969. The maximum atomic E-state index is 4.81. The summed E-state index contributed by atoms with van der Waals surface area (Å²) in [6.07, 6.45) is 1.88. The normalized spacial score (nSPS) is 11.7. The zero-order valence-corrected chi connectivity index (χ0v) is 35.5. The number of para-hydroxylation sites is 1. The highest BCUT2D eigenvalue weighted by atomic mass is 15.0. The fraction of sp³-hybridized carbons (Fsp3) is 0. The lowest BCUT2D eigenvalue weighted by Gasteiger charge is -2.19. The van der Waals surface area contributed by atoms with Crippen molar-refractivity contribution in [1.82, 2.24) is 9.55 Å². The smallest absolute Gasteiger partial charge is 0.145 e. The number of benzene rings is 11. The number of pyridine rings is 1. The van der Waals surface area contributed by atoms with E-state index in [-0.39, 0.29) is 0 Å². The number of nitrogens with zero attached hydrogens (tertiary/aromatic N) is 2. The van der Waals surface area contributed by atoms with E-state index in [0.717, 1.165) is 22.2 Å². The molecule has 0 N–H and O–H groups in total. The lowest BCUT2D eigenvalue weighted by molar-refractivity contribution is 1.14. The molecule has 65 heavy (non-hydrogen) atoms. The van der Waals surface area contributed by atoms with E-state index in [4.69, 9.17) is 4.98 Å². The van der Waals surface area contributed by atoms with Gasteiger partial charge in [0, 0.05) is 22.7 Å². The number of aromatic nitrogens is 2. The minimum absolute atomic E-state index is 0.969. The second-order valence-electron chi connectivity index (χ2n) is 17.1. The Balaban J connectivity index is 0.923. The van der Waals surface area contributed by atoms with Crippen molar-refractivity contribution in [2.24, 2.45) is 0 Å². The van der Waals surface area contributed by atoms with Gasteiger partial charge in [-0.25, -0.2) is 4.98 Å². The van der Waals surface area contributed by atoms with Gasteiger partial charge in [0.15, 0.2) is 0 Å². The molecule has 13 aromatic rings. The average molecular weight is 825 g/mol. The van der Waals surface area contributed by atoms with Crippen LogP contribution in [-0.2, 0) is 0 Å². The van der Waals surface area contributed by atoms with Crippen molar-refractivity contribution in [3.63, 3.8) is 0 Å². The standard InChI is InChI=1S/C63H40N2/c1-2-18-53(19-3-1)65-60-34-32-49(39-58(60)57-22-11-35-64-63(57)65)44-25-23-43(24-26-44)47-16-10-17-48(36-47)50-31-33-56-59(40-50)62(52-30-28-42-13-5-7-15-46(42)38-52)55-21-9-8-20-54(55)61(56)51-29-27-41-12-4-6-14-45(41)37-51/h1-40H. The van der Waals surface area contributed by atoms with Crippen LogP contribution in [0.25, 0.3) is 126 Å². The fourth-order valence-corrected chi connectivity index (χ4v) is 10.3. The lowest BCUT2D eigenvalue weighted by Crippen LogP contribution is -1.94. The fourth-order valence-electron chi connectivity index (χ4n) is 10.3. The zero-order valence-electron chi connectivity index (χ0n) is 35.5. The molecule has 2 heterocycles. The van der Waals surface area contributed by atoms with Gasteiger partial charge in [-0.1, -0.05) is 176 Å². The number of hydrogen-bond donors (Lipinski definition) is 0. The van der Waals surface area contributed by atoms with E-state index in [1.54, 1.807) is 0 Å². The van der Waals surface area contributed by atoms with Crippen LogP contribution in [0, 0.1) is 0 Å². The summed E-state index contributed by atoms with van der Waals surface area (Å²) in [7, 11) is 0. The van der Waals surface area contributed by atoms with Gasteiger partial charge in [0.2, 0.25) is 0 Å². The predicted molar refractivity (Wildman–Crippen MR) is 276 cm³/mol. The van der Waals surface area contributed by atoms with Gasteiger partial charge < -0.3 is 0 Å². The Kier molecular flexibility index (Phi) is 8.57. The summed E-state index contributed by atoms with van der Waals surface area (Å²) in [6.45, 7) is 0. The van der Waals surface area contributed by atoms with Crippen molar-refractivity contribution in [2.45, 2.75) is 0 Å². The van der Waals surface area contributed by atoms with Crippen molar-refractivity contribution in [3.05, 3.63) is 243 Å². The molecule has 0 aliphatic heterocycles. The van der Waals surface area contributed by atoms with Crippen LogP contribution in [0.15, 0.2) is 243 Å². The predicted octanol–water partition coefficient (Wildman–Crippen LogP) is 17.1. The SMILES string of the molecule is c1ccc(-n2c3ccc(-c4ccc(-c5cccc(-c6ccc7c(-c8ccc9ccccc9c8)c8ccccc8c(-c8ccc9ccccc9c8)c7c6)c5)cc4)cc3c3cccnc32)cc1. The Bertz CT molecular complexity index is 3990. The highest BCUT2D eigenvalue weighted by Crippen LogP contribution is 2.46. The molecule has 0 fully saturated rings. The first-order chi connectivity index (χ1) is 32.2. The third-order valence-electron chi connectivity index (χ3n) is 13.4. The van der Waals surface area contributed by atoms with Crippen LogP contribution in [-0.4, -0.2) is 9.55 Å². The quantitative estimate of drug-likeness (QED) is 0.153. The molecule has 0 bridgehead atoms. The van der Waals surface area contributed by atoms with Crippen molar-refractivity contribution in [3.8, 4) is 61.3 Å². The molecule has 0 unspecified atom stereocenters. The van der Waals surface area contributed by atoms with E-state index in [0.29, 0.717) is 0 Å². The van der Waals surface area contributed by atoms with Crippen molar-refractivity contribution >= 4 is 65.0 Å². The monoisotopic (exact) mass is 824 g/mol. The van der Waals surface area contributed by atoms with Gasteiger partial charge in [-0.15, -0.1) is 0 Å². The van der Waals surface area contributed by atoms with Crippen LogP contribution in [0.1, 0.15) is 0 Å². The van der Waals surface area contributed by atoms with Gasteiger partial charge >= 0.3 is 0 Å². The van der Waals surface area contributed by atoms with Crippen LogP contribution in [0.4, 0.5) is 0 Å². The largest absolute Gasteiger partial charge is 0.294 e. The highest BCUT2D eigenvalue weighted by molar-refractivity contribution is 6.22. The summed E-state index contributed by atoms with van der Waals surface area (Å²) < 4.78 is 2.26. The van der Waals surface area contributed by atoms with Gasteiger partial charge in [-0.3, -0.25) is 4.57 Å². The molecule has 0 spiro atoms. The van der Waals surface area contributed by atoms with E-state index in [1.165, 1.54) is 104 Å². The van der Waals surface area contributed by atoms with E-state index in [9.17, 15) is 0 Å². The van der Waals surface area contributed by atoms with E-state index in [2.05, 4.69) is 235 Å². The number of fused-ring (bicyclic) bond motifs is 7. The van der Waals surface area contributed by atoms with Crippen LogP contribution in [0.2, 0.25) is 0 Å². The van der Waals surface area contributed by atoms with Crippen LogP contribution < -0.4 is 0 Å². The van der Waals surface area contributed by atoms with Crippen molar-refractivity contribution in [1.29, 1.82) is 0 Å². The Morgan fingerprint density at radius 3 is 1.42 bits per heavy atom. The van der Waals surface area contributed by atoms with E-state index >= 15 is 0 Å². The summed E-state index contributed by atoms with van der Waals surface area (Å²) in [4.78, 5) is 4.81. The summed E-state index contributed by atoms with van der Waals surface area (Å²) in [5, 5.41) is 12.3. The molecule has 0 aliphatic carbocycles. The molecule has 0 atom stereocenters. The van der Waals surface area contributed by atoms with Gasteiger partial charge in [-0.2, -0.15) is 0 Å². The zero-order chi connectivity index (χ0) is 42.8. The first-order valence-electron chi connectivity index (χ1n) is 22.3. The maximum Gasteiger partial charge on any atom is 0.145 e. The van der Waals surface area contributed by atoms with Crippen molar-refractivity contribution in [2.75, 3.05) is 0 Å². The Morgan fingerprint density at radius 1 is 0.262 bits per heavy atom. The van der Waals surface area contributed by atoms with Gasteiger partial charge in [0.25, 0.3) is 0 Å². The molecule has 302 valence electrons. The van der Waals surface area contributed by atoms with Crippen LogP contribution in [0.3, 0.4) is 0 Å². The summed E-state index contributed by atoms with van der Waals surface area (Å²) in [5.74, 6) is 0. The molecular formula is C63H40N2. The molecule has 11 aromatic carbocycles. The van der Waals surface area contributed by atoms with E-state index in [1.807, 2.05) is 12.3 Å². The first kappa shape index (κ1) is 37.0. The number of rotatable bonds is 6. The molecule has 0 amide bonds. The second-order valence-corrected chi connectivity index (χ2v) is 17.1. The molecule has 2 nitrogen and oxygen atoms in total. The molecule has 13 rings (SSSR count). The third kappa shape index (κ3) is 6.22. The van der Waals surface area contributed by atoms with E-state index < -0.39 is 0 Å². The Hall–Kier alpha value is -8.59. The highest BCUT2D eigenvalue weighted by Gasteiger charge is 2.19. The maximum absolute atomic E-state index is 4.81. The molecule has 2 heteroatoms. The summed E-state index contributed by atoms with van der Waals surface area (Å²) in [6, 6.07) is 86.7. The van der Waals surface area contributed by atoms with Crippen molar-refractivity contribution < 1.29 is 0 Å². The molecule has 0 saturated carbocycles. The molecule has 2 aromatic heterocycles. The molecule has 0 saturated heterocycles. The lowest BCUT2D eigenvalue weighted by atomic mass is 9.84. The molecule has 0 radical (unpaired) electrons. The van der Waals surface area contributed by atoms with Gasteiger partial charge in [-0.05, 0) is 159 Å². The average Bonchev–Trinajstić information content (AvgIpc) is 3.71. The Morgan fingerprint density at radius 2 is 0.738 bits per heavy atom. The topological polar surface area (TPSA) is 17.8 Å². The van der Waals surface area contributed by atoms with Crippen LogP contribution in [0.5, 0.6) is 0 Å². The summed E-state index contributed by atoms with van der Waals surface area (Å²) >= 11 is 0. The number of hydrogen-bond acceptors (Lipinski definition) is 1. The molecular weight excluding hydrogens is 785 g/mol. The summed E-state index contributed by atoms with van der Waals surface area (Å²) in [5.41, 5.74) is 15.3. The Labute approximate surface area is 377 Å².